The molecule has 0 aliphatic rings. The Morgan fingerprint density at radius 1 is 1.60 bits per heavy atom. The van der Waals surface area contributed by atoms with E-state index in [-0.39, 0.29) is 0 Å². The van der Waals surface area contributed by atoms with Crippen LogP contribution in [0.25, 0.3) is 0 Å². The Balaban J connectivity index is 2.33. The number of thiophene rings is 1. The van der Waals surface area contributed by atoms with Crippen molar-refractivity contribution >= 4 is 11.3 Å². The monoisotopic (exact) mass is 222 g/mol. The molecule has 0 spiro atoms. The van der Waals surface area contributed by atoms with Crippen LogP contribution in [0.4, 0.5) is 0 Å². The summed E-state index contributed by atoms with van der Waals surface area (Å²) >= 11 is 1.59. The van der Waals surface area contributed by atoms with Crippen LogP contribution >= 0.6 is 11.3 Å². The third kappa shape index (κ3) is 1.96. The van der Waals surface area contributed by atoms with Gasteiger partial charge in [-0.25, -0.2) is 0 Å². The van der Waals surface area contributed by atoms with Gasteiger partial charge in [0.25, 0.3) is 0 Å². The van der Waals surface area contributed by atoms with Gasteiger partial charge in [-0.1, -0.05) is 6.92 Å². The maximum absolute atomic E-state index is 10.1. The molecule has 2 heterocycles. The van der Waals surface area contributed by atoms with E-state index in [1.54, 1.807) is 16.0 Å². The summed E-state index contributed by atoms with van der Waals surface area (Å²) in [5.74, 6) is 0. The van der Waals surface area contributed by atoms with Crippen LogP contribution in [-0.2, 0) is 13.5 Å². The van der Waals surface area contributed by atoms with Gasteiger partial charge in [-0.2, -0.15) is 16.4 Å². The van der Waals surface area contributed by atoms with Gasteiger partial charge >= 0.3 is 0 Å². The summed E-state index contributed by atoms with van der Waals surface area (Å²) in [6, 6.07) is 3.90. The summed E-state index contributed by atoms with van der Waals surface area (Å²) in [6.45, 7) is 2.06. The molecule has 2 aromatic heterocycles. The molecule has 1 atom stereocenters. The van der Waals surface area contributed by atoms with Crippen molar-refractivity contribution in [3.8, 4) is 0 Å². The fourth-order valence-corrected chi connectivity index (χ4v) is 2.25. The standard InChI is InChI=1S/C11H14N2OS/c1-3-9-6-10(13(2)12-9)11(14)8-4-5-15-7-8/h4-7,11,14H,3H2,1-2H3. The fraction of sp³-hybridized carbons (Fsp3) is 0.364. The van der Waals surface area contributed by atoms with Crippen molar-refractivity contribution in [1.29, 1.82) is 0 Å². The highest BCUT2D eigenvalue weighted by atomic mass is 32.1. The number of aliphatic hydroxyl groups excluding tert-OH is 1. The summed E-state index contributed by atoms with van der Waals surface area (Å²) in [4.78, 5) is 0. The smallest absolute Gasteiger partial charge is 0.121 e. The third-order valence-corrected chi connectivity index (χ3v) is 3.17. The van der Waals surface area contributed by atoms with Gasteiger partial charge in [0.15, 0.2) is 0 Å². The molecule has 0 radical (unpaired) electrons. The molecule has 80 valence electrons. The summed E-state index contributed by atoms with van der Waals surface area (Å²) in [6.07, 6.45) is 0.332. The second-order valence-corrected chi connectivity index (χ2v) is 4.28. The Kier molecular flexibility index (Phi) is 2.88. The lowest BCUT2D eigenvalue weighted by Gasteiger charge is -2.08. The summed E-state index contributed by atoms with van der Waals surface area (Å²) in [5.41, 5.74) is 2.80. The van der Waals surface area contributed by atoms with Crippen molar-refractivity contribution in [2.45, 2.75) is 19.4 Å². The first-order valence-electron chi connectivity index (χ1n) is 4.95. The Morgan fingerprint density at radius 3 is 2.93 bits per heavy atom. The number of aryl methyl sites for hydroxylation is 2. The van der Waals surface area contributed by atoms with E-state index in [1.165, 1.54) is 0 Å². The predicted octanol–water partition coefficient (Wildman–Crippen LogP) is 2.13. The SMILES string of the molecule is CCc1cc(C(O)c2ccsc2)n(C)n1. The Labute approximate surface area is 93.0 Å². The number of hydrogen-bond donors (Lipinski definition) is 1. The molecule has 3 nitrogen and oxygen atoms in total. The average molecular weight is 222 g/mol. The number of rotatable bonds is 3. The molecule has 2 aromatic rings. The van der Waals surface area contributed by atoms with Gasteiger partial charge < -0.3 is 5.11 Å². The van der Waals surface area contributed by atoms with Crippen LogP contribution in [0.2, 0.25) is 0 Å². The van der Waals surface area contributed by atoms with E-state index in [4.69, 9.17) is 0 Å². The molecule has 4 heteroatoms. The summed E-state index contributed by atoms with van der Waals surface area (Å²) in [7, 11) is 1.87. The van der Waals surface area contributed by atoms with Gasteiger partial charge in [-0.3, -0.25) is 4.68 Å². The summed E-state index contributed by atoms with van der Waals surface area (Å²) < 4.78 is 1.75. The summed E-state index contributed by atoms with van der Waals surface area (Å²) in [5, 5.41) is 18.4. The fourth-order valence-electron chi connectivity index (χ4n) is 1.57. The van der Waals surface area contributed by atoms with E-state index in [1.807, 2.05) is 29.9 Å². The lowest BCUT2D eigenvalue weighted by molar-refractivity contribution is 0.210. The molecule has 0 fully saturated rings. The zero-order valence-corrected chi connectivity index (χ0v) is 9.66. The molecule has 0 amide bonds. The Morgan fingerprint density at radius 2 is 2.40 bits per heavy atom. The van der Waals surface area contributed by atoms with Gasteiger partial charge in [0.05, 0.1) is 11.4 Å². The van der Waals surface area contributed by atoms with Crippen LogP contribution in [0.15, 0.2) is 22.9 Å². The van der Waals surface area contributed by atoms with Gasteiger partial charge in [0.1, 0.15) is 6.10 Å². The molecule has 0 bridgehead atoms. The van der Waals surface area contributed by atoms with Gasteiger partial charge in [-0.05, 0) is 34.9 Å². The van der Waals surface area contributed by atoms with Gasteiger partial charge in [-0.15, -0.1) is 0 Å². The molecule has 2 rings (SSSR count). The van der Waals surface area contributed by atoms with E-state index < -0.39 is 6.10 Å². The van der Waals surface area contributed by atoms with E-state index in [0.717, 1.165) is 23.4 Å². The lowest BCUT2D eigenvalue weighted by Crippen LogP contribution is -2.05. The third-order valence-electron chi connectivity index (χ3n) is 2.47. The topological polar surface area (TPSA) is 38.0 Å². The molecular weight excluding hydrogens is 208 g/mol. The van der Waals surface area contributed by atoms with Crippen LogP contribution < -0.4 is 0 Å². The van der Waals surface area contributed by atoms with E-state index in [2.05, 4.69) is 12.0 Å². The minimum atomic E-state index is -0.561. The van der Waals surface area contributed by atoms with Crippen LogP contribution in [-0.4, -0.2) is 14.9 Å². The number of aliphatic hydroxyl groups is 1. The molecule has 0 aliphatic heterocycles. The minimum Gasteiger partial charge on any atom is -0.382 e. The number of hydrogen-bond acceptors (Lipinski definition) is 3. The Bertz CT molecular complexity index is 433. The zero-order chi connectivity index (χ0) is 10.8. The average Bonchev–Trinajstić information content (AvgIpc) is 2.85. The molecular formula is C11H14N2OS. The van der Waals surface area contributed by atoms with E-state index in [0.29, 0.717) is 0 Å². The first-order valence-corrected chi connectivity index (χ1v) is 5.89. The maximum Gasteiger partial charge on any atom is 0.121 e. The van der Waals surface area contributed by atoms with Crippen molar-refractivity contribution in [3.63, 3.8) is 0 Å². The molecule has 0 saturated carbocycles. The number of aromatic nitrogens is 2. The Hall–Kier alpha value is -1.13. The van der Waals surface area contributed by atoms with Crippen molar-refractivity contribution < 1.29 is 5.11 Å². The van der Waals surface area contributed by atoms with Crippen molar-refractivity contribution in [1.82, 2.24) is 9.78 Å². The van der Waals surface area contributed by atoms with E-state index >= 15 is 0 Å². The highest BCUT2D eigenvalue weighted by molar-refractivity contribution is 7.07. The van der Waals surface area contributed by atoms with E-state index in [9.17, 15) is 5.11 Å². The number of nitrogens with zero attached hydrogens (tertiary/aromatic N) is 2. The highest BCUT2D eigenvalue weighted by Gasteiger charge is 2.15. The molecule has 0 aliphatic carbocycles. The van der Waals surface area contributed by atoms with Crippen LogP contribution in [0.3, 0.4) is 0 Å². The van der Waals surface area contributed by atoms with Crippen LogP contribution in [0.1, 0.15) is 30.0 Å². The van der Waals surface area contributed by atoms with Gasteiger partial charge in [0, 0.05) is 7.05 Å². The largest absolute Gasteiger partial charge is 0.382 e. The van der Waals surface area contributed by atoms with Crippen molar-refractivity contribution in [2.24, 2.45) is 7.05 Å². The van der Waals surface area contributed by atoms with Gasteiger partial charge in [0.2, 0.25) is 0 Å². The van der Waals surface area contributed by atoms with Crippen LogP contribution in [0, 0.1) is 0 Å². The first kappa shape index (κ1) is 10.4. The molecule has 15 heavy (non-hydrogen) atoms. The normalized spacial score (nSPS) is 13.0. The molecule has 0 aromatic carbocycles. The lowest BCUT2D eigenvalue weighted by atomic mass is 10.1. The maximum atomic E-state index is 10.1. The van der Waals surface area contributed by atoms with Crippen molar-refractivity contribution in [2.75, 3.05) is 0 Å². The molecule has 0 saturated heterocycles. The van der Waals surface area contributed by atoms with Crippen molar-refractivity contribution in [3.05, 3.63) is 39.8 Å². The second kappa shape index (κ2) is 4.16. The van der Waals surface area contributed by atoms with Crippen LogP contribution in [0.5, 0.6) is 0 Å². The zero-order valence-electron chi connectivity index (χ0n) is 8.84. The second-order valence-electron chi connectivity index (χ2n) is 3.50. The molecule has 1 unspecified atom stereocenters. The highest BCUT2D eigenvalue weighted by Crippen LogP contribution is 2.24. The first-order chi connectivity index (χ1) is 7.22. The quantitative estimate of drug-likeness (QED) is 0.864. The predicted molar refractivity (Wildman–Crippen MR) is 61.0 cm³/mol. The minimum absolute atomic E-state index is 0.561. The molecule has 1 N–H and O–H groups in total.